The minimum absolute atomic E-state index is 0.313. The lowest BCUT2D eigenvalue weighted by Gasteiger charge is -2.14. The average molecular weight is 367 g/mol. The minimum atomic E-state index is -0.313. The van der Waals surface area contributed by atoms with Crippen LogP contribution in [0.15, 0.2) is 78.9 Å². The Morgan fingerprint density at radius 1 is 0.857 bits per heavy atom. The van der Waals surface area contributed by atoms with Crippen LogP contribution in [-0.4, -0.2) is 17.6 Å². The van der Waals surface area contributed by atoms with E-state index < -0.39 is 0 Å². The lowest BCUT2D eigenvalue weighted by atomic mass is 9.92. The number of ether oxygens (including phenoxy) is 1. The fraction of sp³-hybridized carbons (Fsp3) is 0.120. The van der Waals surface area contributed by atoms with E-state index in [2.05, 4.69) is 35.3 Å². The normalized spacial score (nSPS) is 10.8. The summed E-state index contributed by atoms with van der Waals surface area (Å²) in [6.07, 6.45) is 0. The van der Waals surface area contributed by atoms with Crippen LogP contribution in [-0.2, 0) is 4.74 Å². The van der Waals surface area contributed by atoms with E-state index in [0.717, 1.165) is 38.9 Å². The zero-order valence-electron chi connectivity index (χ0n) is 16.0. The summed E-state index contributed by atoms with van der Waals surface area (Å²) < 4.78 is 5.18. The van der Waals surface area contributed by atoms with Gasteiger partial charge in [-0.2, -0.15) is 0 Å². The number of hydrogen-bond acceptors (Lipinski definition) is 3. The molecule has 3 nitrogen and oxygen atoms in total. The second-order valence-electron chi connectivity index (χ2n) is 6.68. The topological polar surface area (TPSA) is 39.2 Å². The third kappa shape index (κ3) is 3.39. The largest absolute Gasteiger partial charge is 0.462 e. The van der Waals surface area contributed by atoms with Crippen LogP contribution in [0.2, 0.25) is 0 Å². The summed E-state index contributed by atoms with van der Waals surface area (Å²) >= 11 is 0. The Bertz CT molecular complexity index is 1150. The first-order valence-electron chi connectivity index (χ1n) is 9.40. The van der Waals surface area contributed by atoms with E-state index in [9.17, 15) is 4.79 Å². The molecular formula is C25H21NO2. The summed E-state index contributed by atoms with van der Waals surface area (Å²) in [5.41, 5.74) is 6.83. The van der Waals surface area contributed by atoms with E-state index in [1.807, 2.05) is 56.3 Å². The van der Waals surface area contributed by atoms with E-state index in [-0.39, 0.29) is 5.97 Å². The highest BCUT2D eigenvalue weighted by atomic mass is 16.5. The minimum Gasteiger partial charge on any atom is -0.462 e. The smallest absolute Gasteiger partial charge is 0.338 e. The summed E-state index contributed by atoms with van der Waals surface area (Å²) in [4.78, 5) is 16.9. The first-order valence-corrected chi connectivity index (χ1v) is 9.40. The van der Waals surface area contributed by atoms with Crippen molar-refractivity contribution in [1.82, 2.24) is 4.98 Å². The van der Waals surface area contributed by atoms with Gasteiger partial charge in [0.15, 0.2) is 0 Å². The Kier molecular flexibility index (Phi) is 4.90. The molecule has 4 rings (SSSR count). The van der Waals surface area contributed by atoms with Gasteiger partial charge in [0.1, 0.15) is 0 Å². The lowest BCUT2D eigenvalue weighted by molar-refractivity contribution is 0.0526. The molecule has 4 aromatic rings. The Balaban J connectivity index is 1.97. The molecule has 28 heavy (non-hydrogen) atoms. The Hall–Kier alpha value is -3.46. The van der Waals surface area contributed by atoms with E-state index in [1.54, 1.807) is 6.07 Å². The number of aryl methyl sites for hydroxylation is 1. The van der Waals surface area contributed by atoms with Crippen LogP contribution in [0, 0.1) is 6.92 Å². The molecule has 1 heterocycles. The Labute approximate surface area is 164 Å². The van der Waals surface area contributed by atoms with Crippen LogP contribution in [0.25, 0.3) is 33.2 Å². The third-order valence-electron chi connectivity index (χ3n) is 4.75. The van der Waals surface area contributed by atoms with Crippen molar-refractivity contribution in [2.45, 2.75) is 13.8 Å². The predicted molar refractivity (Wildman–Crippen MR) is 113 cm³/mol. The van der Waals surface area contributed by atoms with Crippen LogP contribution in [0.5, 0.6) is 0 Å². The van der Waals surface area contributed by atoms with Gasteiger partial charge in [-0.1, -0.05) is 54.6 Å². The molecule has 0 aliphatic heterocycles. The summed E-state index contributed by atoms with van der Waals surface area (Å²) in [5.74, 6) is -0.313. The molecule has 0 aliphatic rings. The van der Waals surface area contributed by atoms with Crippen LogP contribution >= 0.6 is 0 Å². The van der Waals surface area contributed by atoms with Gasteiger partial charge >= 0.3 is 5.97 Å². The van der Waals surface area contributed by atoms with Crippen molar-refractivity contribution in [3.05, 3.63) is 90.1 Å². The number of rotatable bonds is 4. The monoisotopic (exact) mass is 367 g/mol. The van der Waals surface area contributed by atoms with Crippen molar-refractivity contribution >= 4 is 16.9 Å². The maximum atomic E-state index is 12.2. The predicted octanol–water partition coefficient (Wildman–Crippen LogP) is 6.05. The molecule has 0 bridgehead atoms. The molecule has 0 radical (unpaired) electrons. The number of nitrogens with zero attached hydrogens (tertiary/aromatic N) is 1. The number of carbonyl (C=O) groups is 1. The van der Waals surface area contributed by atoms with Crippen molar-refractivity contribution in [1.29, 1.82) is 0 Å². The highest BCUT2D eigenvalue weighted by molar-refractivity contribution is 6.02. The first-order chi connectivity index (χ1) is 13.7. The van der Waals surface area contributed by atoms with Gasteiger partial charge in [-0.15, -0.1) is 0 Å². The van der Waals surface area contributed by atoms with Gasteiger partial charge in [-0.25, -0.2) is 4.79 Å². The van der Waals surface area contributed by atoms with Crippen molar-refractivity contribution < 1.29 is 9.53 Å². The molecule has 0 aliphatic carbocycles. The number of fused-ring (bicyclic) bond motifs is 1. The van der Waals surface area contributed by atoms with Gasteiger partial charge < -0.3 is 4.74 Å². The fourth-order valence-corrected chi connectivity index (χ4v) is 3.51. The molecule has 0 unspecified atom stereocenters. The zero-order chi connectivity index (χ0) is 19.5. The fourth-order valence-electron chi connectivity index (χ4n) is 3.51. The number of esters is 1. The summed E-state index contributed by atoms with van der Waals surface area (Å²) in [5, 5.41) is 0.944. The number of benzene rings is 3. The molecule has 0 fully saturated rings. The van der Waals surface area contributed by atoms with Crippen LogP contribution < -0.4 is 0 Å². The second-order valence-corrected chi connectivity index (χ2v) is 6.68. The molecule has 3 aromatic carbocycles. The zero-order valence-corrected chi connectivity index (χ0v) is 16.0. The van der Waals surface area contributed by atoms with Crippen LogP contribution in [0.4, 0.5) is 0 Å². The molecule has 0 spiro atoms. The number of pyridine rings is 1. The van der Waals surface area contributed by atoms with Crippen molar-refractivity contribution in [3.8, 4) is 22.3 Å². The molecule has 0 saturated carbocycles. The van der Waals surface area contributed by atoms with Gasteiger partial charge in [0.05, 0.1) is 17.7 Å². The molecule has 138 valence electrons. The van der Waals surface area contributed by atoms with Crippen LogP contribution in [0.1, 0.15) is 23.0 Å². The number of aromatic nitrogens is 1. The summed E-state index contributed by atoms with van der Waals surface area (Å²) in [6.45, 7) is 4.16. The molecular weight excluding hydrogens is 346 g/mol. The third-order valence-corrected chi connectivity index (χ3v) is 4.75. The highest BCUT2D eigenvalue weighted by Gasteiger charge is 2.14. The van der Waals surface area contributed by atoms with Crippen LogP contribution in [0.3, 0.4) is 0 Å². The number of hydrogen-bond donors (Lipinski definition) is 0. The molecule has 1 aromatic heterocycles. The van der Waals surface area contributed by atoms with Gasteiger partial charge in [-0.3, -0.25) is 4.98 Å². The SMILES string of the molecule is CCOC(=O)c1ccc2nc(C)cc(-c3ccccc3-c3ccccc3)c2c1. The second kappa shape index (κ2) is 7.65. The molecule has 3 heteroatoms. The quantitative estimate of drug-likeness (QED) is 0.412. The van der Waals surface area contributed by atoms with Crippen molar-refractivity contribution in [3.63, 3.8) is 0 Å². The Morgan fingerprint density at radius 3 is 2.32 bits per heavy atom. The maximum absolute atomic E-state index is 12.2. The van der Waals surface area contributed by atoms with E-state index in [4.69, 9.17) is 4.74 Å². The van der Waals surface area contributed by atoms with E-state index in [1.165, 1.54) is 0 Å². The highest BCUT2D eigenvalue weighted by Crippen LogP contribution is 2.36. The Morgan fingerprint density at radius 2 is 1.57 bits per heavy atom. The molecule has 0 N–H and O–H groups in total. The van der Waals surface area contributed by atoms with Crippen molar-refractivity contribution in [2.24, 2.45) is 0 Å². The summed E-state index contributed by atoms with van der Waals surface area (Å²) in [6, 6.07) is 26.3. The first kappa shape index (κ1) is 17.9. The van der Waals surface area contributed by atoms with E-state index >= 15 is 0 Å². The van der Waals surface area contributed by atoms with Gasteiger partial charge in [0.2, 0.25) is 0 Å². The van der Waals surface area contributed by atoms with Gasteiger partial charge in [0, 0.05) is 11.1 Å². The molecule has 0 saturated heterocycles. The molecule has 0 atom stereocenters. The average Bonchev–Trinajstić information content (AvgIpc) is 2.73. The molecule has 0 amide bonds. The van der Waals surface area contributed by atoms with E-state index in [0.29, 0.717) is 12.2 Å². The maximum Gasteiger partial charge on any atom is 0.338 e. The van der Waals surface area contributed by atoms with Gasteiger partial charge in [0.25, 0.3) is 0 Å². The van der Waals surface area contributed by atoms with Crippen molar-refractivity contribution in [2.75, 3.05) is 6.61 Å². The standard InChI is InChI=1S/C25H21NO2/c1-3-28-25(27)19-13-14-24-23(16-19)22(15-17(2)26-24)21-12-8-7-11-20(21)18-9-5-4-6-10-18/h4-16H,3H2,1-2H3. The number of carbonyl (C=O) groups excluding carboxylic acids is 1. The summed E-state index contributed by atoms with van der Waals surface area (Å²) in [7, 11) is 0. The van der Waals surface area contributed by atoms with Gasteiger partial charge in [-0.05, 0) is 60.4 Å². The lowest BCUT2D eigenvalue weighted by Crippen LogP contribution is -2.04.